The largest absolute Gasteiger partial charge is 0.246 e. The molecule has 0 aromatic rings. The van der Waals surface area contributed by atoms with E-state index >= 15 is 0 Å². The van der Waals surface area contributed by atoms with Gasteiger partial charge in [-0.05, 0) is 24.8 Å². The van der Waals surface area contributed by atoms with Gasteiger partial charge in [0, 0.05) is 0 Å². The lowest BCUT2D eigenvalue weighted by Crippen LogP contribution is -1.85. The second kappa shape index (κ2) is 6.79. The van der Waals surface area contributed by atoms with Crippen LogP contribution in [0.1, 0.15) is 39.5 Å². The van der Waals surface area contributed by atoms with Gasteiger partial charge < -0.3 is 0 Å². The molecule has 0 atom stereocenters. The third-order valence-electron chi connectivity index (χ3n) is 1.52. The van der Waals surface area contributed by atoms with E-state index in [4.69, 9.17) is 0 Å². The number of allylic oxidation sites excluding steroid dienone is 2. The topological polar surface area (TPSA) is 0 Å². The molecule has 0 bridgehead atoms. The number of unbranched alkanes of at least 4 members (excludes halogenated alkanes) is 1. The summed E-state index contributed by atoms with van der Waals surface area (Å²) in [7, 11) is 0. The SMILES string of the molecule is CCC=C(CF)CCCC. The molecule has 1 heteroatoms. The van der Waals surface area contributed by atoms with Crippen LogP contribution in [-0.4, -0.2) is 6.67 Å². The van der Waals surface area contributed by atoms with Gasteiger partial charge in [-0.2, -0.15) is 0 Å². The van der Waals surface area contributed by atoms with Gasteiger partial charge >= 0.3 is 0 Å². The number of hydrogen-bond acceptors (Lipinski definition) is 0. The van der Waals surface area contributed by atoms with Gasteiger partial charge in [0.05, 0.1) is 0 Å². The van der Waals surface area contributed by atoms with Crippen LogP contribution in [0.2, 0.25) is 0 Å². The lowest BCUT2D eigenvalue weighted by atomic mass is 10.1. The van der Waals surface area contributed by atoms with Crippen LogP contribution in [0.5, 0.6) is 0 Å². The van der Waals surface area contributed by atoms with Gasteiger partial charge in [-0.25, -0.2) is 4.39 Å². The summed E-state index contributed by atoms with van der Waals surface area (Å²) in [6, 6.07) is 0. The van der Waals surface area contributed by atoms with E-state index in [0.717, 1.165) is 31.3 Å². The summed E-state index contributed by atoms with van der Waals surface area (Å²) >= 11 is 0. The molecule has 0 N–H and O–H groups in total. The molecule has 0 aromatic heterocycles. The highest BCUT2D eigenvalue weighted by molar-refractivity contribution is 5.01. The fourth-order valence-corrected chi connectivity index (χ4v) is 0.916. The zero-order chi connectivity index (χ0) is 7.82. The van der Waals surface area contributed by atoms with Crippen molar-refractivity contribution in [3.63, 3.8) is 0 Å². The van der Waals surface area contributed by atoms with Gasteiger partial charge in [-0.1, -0.05) is 26.3 Å². The smallest absolute Gasteiger partial charge is 0.111 e. The normalized spacial score (nSPS) is 12.1. The fourth-order valence-electron chi connectivity index (χ4n) is 0.916. The molecule has 0 spiro atoms. The molecule has 60 valence electrons. The Hall–Kier alpha value is -0.330. The van der Waals surface area contributed by atoms with Crippen LogP contribution in [0, 0.1) is 0 Å². The van der Waals surface area contributed by atoms with Crippen molar-refractivity contribution >= 4 is 0 Å². The van der Waals surface area contributed by atoms with E-state index in [1.807, 2.05) is 13.0 Å². The molecule has 0 aromatic carbocycles. The summed E-state index contributed by atoms with van der Waals surface area (Å²) in [5, 5.41) is 0. The molecule has 0 aliphatic carbocycles. The van der Waals surface area contributed by atoms with Crippen LogP contribution < -0.4 is 0 Å². The van der Waals surface area contributed by atoms with Gasteiger partial charge in [0.25, 0.3) is 0 Å². The van der Waals surface area contributed by atoms with Crippen molar-refractivity contribution in [1.29, 1.82) is 0 Å². The van der Waals surface area contributed by atoms with E-state index in [-0.39, 0.29) is 6.67 Å². The Balaban J connectivity index is 3.49. The average molecular weight is 144 g/mol. The Kier molecular flexibility index (Phi) is 6.56. The zero-order valence-electron chi connectivity index (χ0n) is 6.99. The van der Waals surface area contributed by atoms with Crippen LogP contribution in [0.4, 0.5) is 4.39 Å². The number of alkyl halides is 1. The molecule has 0 aliphatic rings. The maximum Gasteiger partial charge on any atom is 0.111 e. The van der Waals surface area contributed by atoms with Crippen LogP contribution in [-0.2, 0) is 0 Å². The summed E-state index contributed by atoms with van der Waals surface area (Å²) in [4.78, 5) is 0. The Bertz CT molecular complexity index is 94.9. The molecule has 0 radical (unpaired) electrons. The van der Waals surface area contributed by atoms with E-state index in [0.29, 0.717) is 0 Å². The van der Waals surface area contributed by atoms with Crippen LogP contribution in [0.15, 0.2) is 11.6 Å². The predicted octanol–water partition coefficient (Wildman–Crippen LogP) is 3.48. The molecule has 0 nitrogen and oxygen atoms in total. The monoisotopic (exact) mass is 144 g/mol. The minimum absolute atomic E-state index is 0.256. The van der Waals surface area contributed by atoms with E-state index in [2.05, 4.69) is 6.92 Å². The first-order chi connectivity index (χ1) is 4.85. The molecular weight excluding hydrogens is 127 g/mol. The second-order valence-corrected chi connectivity index (χ2v) is 2.51. The zero-order valence-corrected chi connectivity index (χ0v) is 6.99. The Morgan fingerprint density at radius 2 is 2.10 bits per heavy atom. The standard InChI is InChI=1S/C9H17F/c1-3-5-7-9(8-10)6-4-2/h6H,3-5,7-8H2,1-2H3. The predicted molar refractivity (Wildman–Crippen MR) is 43.9 cm³/mol. The molecule has 0 rings (SSSR count). The first-order valence-corrected chi connectivity index (χ1v) is 4.09. The summed E-state index contributed by atoms with van der Waals surface area (Å²) < 4.78 is 12.1. The first kappa shape index (κ1) is 9.67. The van der Waals surface area contributed by atoms with Crippen LogP contribution in [0.3, 0.4) is 0 Å². The molecule has 0 heterocycles. The van der Waals surface area contributed by atoms with Gasteiger partial charge in [0.2, 0.25) is 0 Å². The van der Waals surface area contributed by atoms with E-state index in [9.17, 15) is 4.39 Å². The molecule has 0 fully saturated rings. The number of rotatable bonds is 5. The molecule has 0 amide bonds. The minimum atomic E-state index is -0.256. The minimum Gasteiger partial charge on any atom is -0.246 e. The highest BCUT2D eigenvalue weighted by atomic mass is 19.1. The Labute approximate surface area is 63.1 Å². The highest BCUT2D eigenvalue weighted by Crippen LogP contribution is 2.08. The summed E-state index contributed by atoms with van der Waals surface area (Å²) in [5.74, 6) is 0. The number of halogens is 1. The molecule has 10 heavy (non-hydrogen) atoms. The number of hydrogen-bond donors (Lipinski definition) is 0. The van der Waals surface area contributed by atoms with Crippen molar-refractivity contribution < 1.29 is 4.39 Å². The second-order valence-electron chi connectivity index (χ2n) is 2.51. The van der Waals surface area contributed by atoms with Gasteiger partial charge in [0.15, 0.2) is 0 Å². The first-order valence-electron chi connectivity index (χ1n) is 4.09. The lowest BCUT2D eigenvalue weighted by Gasteiger charge is -1.99. The van der Waals surface area contributed by atoms with Crippen molar-refractivity contribution in [1.82, 2.24) is 0 Å². The van der Waals surface area contributed by atoms with Crippen molar-refractivity contribution in [3.8, 4) is 0 Å². The molecule has 0 saturated carbocycles. The summed E-state index contributed by atoms with van der Waals surface area (Å²) in [5.41, 5.74) is 0.976. The van der Waals surface area contributed by atoms with Crippen LogP contribution >= 0.6 is 0 Å². The quantitative estimate of drug-likeness (QED) is 0.518. The molecule has 0 unspecified atom stereocenters. The Morgan fingerprint density at radius 3 is 2.50 bits per heavy atom. The maximum atomic E-state index is 12.1. The van der Waals surface area contributed by atoms with E-state index < -0.39 is 0 Å². The van der Waals surface area contributed by atoms with Crippen molar-refractivity contribution in [3.05, 3.63) is 11.6 Å². The summed E-state index contributed by atoms with van der Waals surface area (Å²) in [6.45, 7) is 3.91. The fraction of sp³-hybridized carbons (Fsp3) is 0.778. The van der Waals surface area contributed by atoms with Crippen molar-refractivity contribution in [2.75, 3.05) is 6.67 Å². The highest BCUT2D eigenvalue weighted by Gasteiger charge is 1.93. The van der Waals surface area contributed by atoms with Crippen molar-refractivity contribution in [2.45, 2.75) is 39.5 Å². The molecular formula is C9H17F. The average Bonchev–Trinajstić information content (AvgIpc) is 1.98. The third-order valence-corrected chi connectivity index (χ3v) is 1.52. The molecule has 0 saturated heterocycles. The van der Waals surface area contributed by atoms with E-state index in [1.165, 1.54) is 0 Å². The van der Waals surface area contributed by atoms with Crippen molar-refractivity contribution in [2.24, 2.45) is 0 Å². The Morgan fingerprint density at radius 1 is 1.40 bits per heavy atom. The lowest BCUT2D eigenvalue weighted by molar-refractivity contribution is 0.525. The summed E-state index contributed by atoms with van der Waals surface area (Å²) in [6.07, 6.45) is 6.18. The van der Waals surface area contributed by atoms with Gasteiger partial charge in [-0.15, -0.1) is 0 Å². The van der Waals surface area contributed by atoms with Crippen LogP contribution in [0.25, 0.3) is 0 Å². The van der Waals surface area contributed by atoms with Gasteiger partial charge in [-0.3, -0.25) is 0 Å². The van der Waals surface area contributed by atoms with Gasteiger partial charge in [0.1, 0.15) is 6.67 Å². The third kappa shape index (κ3) is 4.54. The maximum absolute atomic E-state index is 12.1. The molecule has 0 aliphatic heterocycles. The van der Waals surface area contributed by atoms with E-state index in [1.54, 1.807) is 0 Å².